The number of rotatable bonds is 9. The molecule has 0 radical (unpaired) electrons. The van der Waals surface area contributed by atoms with Gasteiger partial charge in [0.25, 0.3) is 0 Å². The van der Waals surface area contributed by atoms with E-state index in [-0.39, 0.29) is 0 Å². The summed E-state index contributed by atoms with van der Waals surface area (Å²) in [5.41, 5.74) is 0. The molecule has 1 saturated heterocycles. The molecule has 0 bridgehead atoms. The molecule has 124 valence electrons. The molecule has 6 heteroatoms. The van der Waals surface area contributed by atoms with Gasteiger partial charge >= 0.3 is 0 Å². The van der Waals surface area contributed by atoms with Crippen molar-refractivity contribution in [3.8, 4) is 0 Å². The second-order valence-electron chi connectivity index (χ2n) is 5.64. The lowest BCUT2D eigenvalue weighted by molar-refractivity contribution is 0.162. The highest BCUT2D eigenvalue weighted by Gasteiger charge is 2.18. The normalized spacial score (nSPS) is 19.3. The van der Waals surface area contributed by atoms with Gasteiger partial charge in [0.1, 0.15) is 0 Å². The summed E-state index contributed by atoms with van der Waals surface area (Å²) in [5.74, 6) is 1.62. The number of aliphatic imine (C=N–C) groups is 1. The van der Waals surface area contributed by atoms with Crippen molar-refractivity contribution in [3.63, 3.8) is 0 Å². The van der Waals surface area contributed by atoms with Crippen LogP contribution in [0, 0.1) is 5.92 Å². The van der Waals surface area contributed by atoms with Crippen molar-refractivity contribution in [2.45, 2.75) is 13.3 Å². The quantitative estimate of drug-likeness (QED) is 0.496. The Morgan fingerprint density at radius 1 is 1.38 bits per heavy atom. The van der Waals surface area contributed by atoms with Crippen LogP contribution in [0.4, 0.5) is 0 Å². The Kier molecular flexibility index (Phi) is 9.37. The smallest absolute Gasteiger partial charge is 0.193 e. The number of nitrogens with one attached hydrogen (secondary N) is 1. The topological polar surface area (TPSA) is 49.3 Å². The van der Waals surface area contributed by atoms with E-state index in [0.717, 1.165) is 64.9 Å². The maximum absolute atomic E-state index is 5.44. The minimum Gasteiger partial charge on any atom is -0.383 e. The summed E-state index contributed by atoms with van der Waals surface area (Å²) >= 11 is 0. The van der Waals surface area contributed by atoms with Gasteiger partial charge in [-0.15, -0.1) is 0 Å². The van der Waals surface area contributed by atoms with Gasteiger partial charge in [0, 0.05) is 52.9 Å². The van der Waals surface area contributed by atoms with Gasteiger partial charge in [-0.3, -0.25) is 4.99 Å². The molecule has 0 amide bonds. The summed E-state index contributed by atoms with van der Waals surface area (Å²) in [6.07, 6.45) is 1.16. The molecule has 0 aromatic carbocycles. The van der Waals surface area contributed by atoms with E-state index in [2.05, 4.69) is 36.1 Å². The molecule has 0 aromatic rings. The van der Waals surface area contributed by atoms with Crippen LogP contribution in [0.1, 0.15) is 13.3 Å². The Morgan fingerprint density at radius 2 is 2.19 bits per heavy atom. The number of methoxy groups -OCH3 is 1. The standard InChI is InChI=1S/C15H32N4O2/c1-5-16-15(17-7-8-18(2)9-11-20-4)19(3)12-14-6-10-21-13-14/h14H,5-13H2,1-4H3,(H,16,17). The van der Waals surface area contributed by atoms with Gasteiger partial charge in [-0.1, -0.05) is 0 Å². The van der Waals surface area contributed by atoms with E-state index < -0.39 is 0 Å². The van der Waals surface area contributed by atoms with Crippen molar-refractivity contribution in [1.29, 1.82) is 0 Å². The Labute approximate surface area is 129 Å². The zero-order valence-corrected chi connectivity index (χ0v) is 14.1. The van der Waals surface area contributed by atoms with Crippen LogP contribution in [0.15, 0.2) is 4.99 Å². The molecule has 1 aliphatic rings. The SMILES string of the molecule is CCNC(=NCCN(C)CCOC)N(C)CC1CCOC1. The molecule has 1 fully saturated rings. The second kappa shape index (κ2) is 10.8. The van der Waals surface area contributed by atoms with Crippen LogP contribution >= 0.6 is 0 Å². The van der Waals surface area contributed by atoms with Crippen LogP contribution in [0.25, 0.3) is 0 Å². The van der Waals surface area contributed by atoms with Crippen molar-refractivity contribution in [3.05, 3.63) is 0 Å². The number of likely N-dealkylation sites (N-methyl/N-ethyl adjacent to an activating group) is 1. The van der Waals surface area contributed by atoms with Gasteiger partial charge in [-0.2, -0.15) is 0 Å². The van der Waals surface area contributed by atoms with Gasteiger partial charge in [-0.05, 0) is 20.4 Å². The van der Waals surface area contributed by atoms with Crippen molar-refractivity contribution >= 4 is 5.96 Å². The predicted molar refractivity (Wildman–Crippen MR) is 86.9 cm³/mol. The van der Waals surface area contributed by atoms with E-state index in [9.17, 15) is 0 Å². The first-order valence-electron chi connectivity index (χ1n) is 7.92. The largest absolute Gasteiger partial charge is 0.383 e. The average molecular weight is 300 g/mol. The Morgan fingerprint density at radius 3 is 2.81 bits per heavy atom. The molecule has 1 unspecified atom stereocenters. The number of ether oxygens (including phenoxy) is 2. The van der Waals surface area contributed by atoms with Crippen LogP contribution in [0.5, 0.6) is 0 Å². The van der Waals surface area contributed by atoms with Crippen molar-refractivity contribution in [2.24, 2.45) is 10.9 Å². The molecule has 0 aromatic heterocycles. The lowest BCUT2D eigenvalue weighted by Gasteiger charge is -2.25. The maximum Gasteiger partial charge on any atom is 0.193 e. The van der Waals surface area contributed by atoms with Crippen molar-refractivity contribution < 1.29 is 9.47 Å². The Hall–Kier alpha value is -0.850. The summed E-state index contributed by atoms with van der Waals surface area (Å²) in [4.78, 5) is 9.17. The molecule has 0 aliphatic carbocycles. The van der Waals surface area contributed by atoms with Crippen LogP contribution in [-0.2, 0) is 9.47 Å². The molecule has 1 N–H and O–H groups in total. The molecular formula is C15H32N4O2. The zero-order valence-electron chi connectivity index (χ0n) is 14.1. The van der Waals surface area contributed by atoms with E-state index in [4.69, 9.17) is 14.5 Å². The fraction of sp³-hybridized carbons (Fsp3) is 0.933. The zero-order chi connectivity index (χ0) is 15.5. The first-order chi connectivity index (χ1) is 10.2. The van der Waals surface area contributed by atoms with Gasteiger partial charge in [0.15, 0.2) is 5.96 Å². The molecule has 1 atom stereocenters. The third kappa shape index (κ3) is 7.64. The number of guanidine groups is 1. The van der Waals surface area contributed by atoms with E-state index in [0.29, 0.717) is 5.92 Å². The van der Waals surface area contributed by atoms with Crippen LogP contribution in [-0.4, -0.2) is 89.5 Å². The van der Waals surface area contributed by atoms with E-state index in [1.54, 1.807) is 7.11 Å². The summed E-state index contributed by atoms with van der Waals surface area (Å²) in [7, 11) is 5.94. The van der Waals surface area contributed by atoms with E-state index >= 15 is 0 Å². The van der Waals surface area contributed by atoms with Crippen LogP contribution in [0.3, 0.4) is 0 Å². The van der Waals surface area contributed by atoms with Gasteiger partial charge in [0.05, 0.1) is 19.8 Å². The first-order valence-corrected chi connectivity index (χ1v) is 7.92. The van der Waals surface area contributed by atoms with Gasteiger partial charge in [0.2, 0.25) is 0 Å². The number of nitrogens with zero attached hydrogens (tertiary/aromatic N) is 3. The molecule has 6 nitrogen and oxygen atoms in total. The minimum absolute atomic E-state index is 0.628. The Balaban J connectivity index is 2.36. The highest BCUT2D eigenvalue weighted by molar-refractivity contribution is 5.79. The van der Waals surface area contributed by atoms with Crippen molar-refractivity contribution in [2.75, 3.05) is 73.7 Å². The molecule has 0 spiro atoms. The molecule has 0 saturated carbocycles. The lowest BCUT2D eigenvalue weighted by atomic mass is 10.1. The fourth-order valence-electron chi connectivity index (χ4n) is 2.36. The third-order valence-electron chi connectivity index (χ3n) is 3.67. The maximum atomic E-state index is 5.44. The number of hydrogen-bond donors (Lipinski definition) is 1. The molecule has 1 aliphatic heterocycles. The molecular weight excluding hydrogens is 268 g/mol. The predicted octanol–water partition coefficient (Wildman–Crippen LogP) is 0.498. The van der Waals surface area contributed by atoms with Gasteiger partial charge in [-0.25, -0.2) is 0 Å². The molecule has 1 rings (SSSR count). The Bertz CT molecular complexity index is 293. The van der Waals surface area contributed by atoms with E-state index in [1.807, 2.05) is 0 Å². The highest BCUT2D eigenvalue weighted by Crippen LogP contribution is 2.13. The van der Waals surface area contributed by atoms with E-state index in [1.165, 1.54) is 0 Å². The summed E-state index contributed by atoms with van der Waals surface area (Å²) in [6, 6.07) is 0. The van der Waals surface area contributed by atoms with Crippen LogP contribution < -0.4 is 5.32 Å². The summed E-state index contributed by atoms with van der Waals surface area (Å²) in [6.45, 7) is 9.23. The molecule has 1 heterocycles. The number of hydrogen-bond acceptors (Lipinski definition) is 4. The third-order valence-corrected chi connectivity index (χ3v) is 3.67. The fourth-order valence-corrected chi connectivity index (χ4v) is 2.36. The van der Waals surface area contributed by atoms with Crippen LogP contribution in [0.2, 0.25) is 0 Å². The first kappa shape index (κ1) is 18.2. The van der Waals surface area contributed by atoms with Crippen molar-refractivity contribution in [1.82, 2.24) is 15.1 Å². The average Bonchev–Trinajstić information content (AvgIpc) is 2.97. The minimum atomic E-state index is 0.628. The highest BCUT2D eigenvalue weighted by atomic mass is 16.5. The lowest BCUT2D eigenvalue weighted by Crippen LogP contribution is -2.42. The molecule has 21 heavy (non-hydrogen) atoms. The monoisotopic (exact) mass is 300 g/mol. The summed E-state index contributed by atoms with van der Waals surface area (Å²) < 4.78 is 10.5. The van der Waals surface area contributed by atoms with Gasteiger partial charge < -0.3 is 24.6 Å². The summed E-state index contributed by atoms with van der Waals surface area (Å²) in [5, 5.41) is 3.37. The second-order valence-corrected chi connectivity index (χ2v) is 5.64.